The second-order valence-electron chi connectivity index (χ2n) is 5.21. The molecular weight excluding hydrogens is 376 g/mol. The van der Waals surface area contributed by atoms with Gasteiger partial charge in [-0.2, -0.15) is 17.5 Å². The summed E-state index contributed by atoms with van der Waals surface area (Å²) in [6.07, 6.45) is -4.80. The first-order valence-corrected chi connectivity index (χ1v) is 8.49. The molecule has 1 N–H and O–H groups in total. The van der Waals surface area contributed by atoms with E-state index in [0.717, 1.165) is 22.5 Å². The van der Waals surface area contributed by atoms with Crippen LogP contribution in [0.1, 0.15) is 19.4 Å². The molecule has 0 aromatic heterocycles. The van der Waals surface area contributed by atoms with Crippen LogP contribution in [0.3, 0.4) is 0 Å². The van der Waals surface area contributed by atoms with Crippen LogP contribution in [0.15, 0.2) is 23.1 Å². The van der Waals surface area contributed by atoms with Gasteiger partial charge in [0.1, 0.15) is 4.90 Å². The molecule has 1 aliphatic heterocycles. The Labute approximate surface area is 144 Å². The van der Waals surface area contributed by atoms with Gasteiger partial charge in [-0.1, -0.05) is 17.7 Å². The average molecular weight is 393 g/mol. The summed E-state index contributed by atoms with van der Waals surface area (Å²) in [4.78, 5) is -0.870. The number of nitrogens with zero attached hydrogens (tertiary/aromatic N) is 1. The molecule has 2 rings (SSSR count). The standard InChI is InChI=1S/C13H16ClF3N2O2S.ClH/c1-8-9(2)19(7-6-18-8)22(20,21)12-10(13(15,16)17)4-3-5-11(12)14;/h3-5,8-9,18H,6-7H2,1-2H3;1H. The van der Waals surface area contributed by atoms with Crippen LogP contribution in [-0.2, 0) is 16.2 Å². The second kappa shape index (κ2) is 7.14. The molecule has 0 saturated carbocycles. The molecule has 4 nitrogen and oxygen atoms in total. The van der Waals surface area contributed by atoms with E-state index in [-0.39, 0.29) is 25.0 Å². The minimum absolute atomic E-state index is 0. The summed E-state index contributed by atoms with van der Waals surface area (Å²) in [5, 5.41) is 2.66. The molecule has 10 heteroatoms. The Hall–Kier alpha value is -0.540. The van der Waals surface area contributed by atoms with Crippen LogP contribution in [0.5, 0.6) is 0 Å². The van der Waals surface area contributed by atoms with Crippen LogP contribution in [0.2, 0.25) is 5.02 Å². The lowest BCUT2D eigenvalue weighted by molar-refractivity contribution is -0.139. The highest BCUT2D eigenvalue weighted by Gasteiger charge is 2.42. The zero-order valence-corrected chi connectivity index (χ0v) is 14.8. The van der Waals surface area contributed by atoms with E-state index in [0.29, 0.717) is 6.54 Å². The molecule has 0 aliphatic carbocycles. The Bertz CT molecular complexity index is 668. The summed E-state index contributed by atoms with van der Waals surface area (Å²) >= 11 is 5.80. The average Bonchev–Trinajstić information content (AvgIpc) is 2.40. The number of halogens is 5. The monoisotopic (exact) mass is 392 g/mol. The molecule has 1 fully saturated rings. The highest BCUT2D eigenvalue weighted by molar-refractivity contribution is 7.89. The third-order valence-corrected chi connectivity index (χ3v) is 6.33. The Kier molecular flexibility index (Phi) is 6.37. The van der Waals surface area contributed by atoms with Crippen molar-refractivity contribution in [3.8, 4) is 0 Å². The summed E-state index contributed by atoms with van der Waals surface area (Å²) < 4.78 is 66.0. The molecule has 0 bridgehead atoms. The molecule has 2 atom stereocenters. The molecule has 0 radical (unpaired) electrons. The fraction of sp³-hybridized carbons (Fsp3) is 0.538. The summed E-state index contributed by atoms with van der Waals surface area (Å²) in [6.45, 7) is 3.90. The van der Waals surface area contributed by atoms with Gasteiger partial charge in [0, 0.05) is 25.2 Å². The fourth-order valence-corrected chi connectivity index (χ4v) is 4.91. The van der Waals surface area contributed by atoms with Gasteiger partial charge in [0.25, 0.3) is 0 Å². The number of hydrogen-bond donors (Lipinski definition) is 1. The third kappa shape index (κ3) is 3.93. The molecule has 132 valence electrons. The van der Waals surface area contributed by atoms with Crippen LogP contribution in [-0.4, -0.2) is 37.9 Å². The highest BCUT2D eigenvalue weighted by Crippen LogP contribution is 2.39. The predicted molar refractivity (Wildman–Crippen MR) is 84.5 cm³/mol. The first kappa shape index (κ1) is 20.5. The minimum atomic E-state index is -4.80. The molecule has 1 aromatic carbocycles. The molecule has 0 amide bonds. The predicted octanol–water partition coefficient (Wildman–Crippen LogP) is 3.15. The number of sulfonamides is 1. The van der Waals surface area contributed by atoms with Gasteiger partial charge in [0.15, 0.2) is 0 Å². The lowest BCUT2D eigenvalue weighted by Gasteiger charge is -2.38. The van der Waals surface area contributed by atoms with E-state index in [1.54, 1.807) is 13.8 Å². The van der Waals surface area contributed by atoms with E-state index in [1.807, 2.05) is 0 Å². The highest BCUT2D eigenvalue weighted by atomic mass is 35.5. The van der Waals surface area contributed by atoms with Crippen molar-refractivity contribution in [2.24, 2.45) is 0 Å². The van der Waals surface area contributed by atoms with E-state index in [4.69, 9.17) is 11.6 Å². The van der Waals surface area contributed by atoms with E-state index in [2.05, 4.69) is 5.32 Å². The SMILES string of the molecule is CC1NCCN(S(=O)(=O)c2c(Cl)cccc2C(F)(F)F)C1C.Cl. The molecular formula is C13H17Cl2F3N2O2S. The van der Waals surface area contributed by atoms with Crippen molar-refractivity contribution in [1.82, 2.24) is 9.62 Å². The Morgan fingerprint density at radius 1 is 1.30 bits per heavy atom. The van der Waals surface area contributed by atoms with E-state index in [9.17, 15) is 21.6 Å². The van der Waals surface area contributed by atoms with Crippen LogP contribution in [0, 0.1) is 0 Å². The van der Waals surface area contributed by atoms with Crippen molar-refractivity contribution in [3.63, 3.8) is 0 Å². The Morgan fingerprint density at radius 2 is 1.91 bits per heavy atom. The Balaban J connectivity index is 0.00000264. The number of piperazine rings is 1. The molecule has 1 aromatic rings. The Morgan fingerprint density at radius 3 is 2.48 bits per heavy atom. The second-order valence-corrected chi connectivity index (χ2v) is 7.45. The molecule has 0 spiro atoms. The van der Waals surface area contributed by atoms with Crippen molar-refractivity contribution in [1.29, 1.82) is 0 Å². The summed E-state index contributed by atoms with van der Waals surface area (Å²) in [5.74, 6) is 0. The van der Waals surface area contributed by atoms with E-state index in [1.165, 1.54) is 0 Å². The van der Waals surface area contributed by atoms with Crippen LogP contribution < -0.4 is 5.32 Å². The van der Waals surface area contributed by atoms with Crippen molar-refractivity contribution in [3.05, 3.63) is 28.8 Å². The van der Waals surface area contributed by atoms with Crippen molar-refractivity contribution in [2.45, 2.75) is 37.0 Å². The van der Waals surface area contributed by atoms with Crippen molar-refractivity contribution < 1.29 is 21.6 Å². The van der Waals surface area contributed by atoms with Gasteiger partial charge in [-0.05, 0) is 26.0 Å². The van der Waals surface area contributed by atoms with Gasteiger partial charge in [-0.3, -0.25) is 0 Å². The number of hydrogen-bond acceptors (Lipinski definition) is 3. The number of rotatable bonds is 2. The van der Waals surface area contributed by atoms with E-state index >= 15 is 0 Å². The lowest BCUT2D eigenvalue weighted by Crippen LogP contribution is -2.57. The quantitative estimate of drug-likeness (QED) is 0.840. The maximum absolute atomic E-state index is 13.1. The molecule has 1 aliphatic rings. The van der Waals surface area contributed by atoms with Gasteiger partial charge in [0.2, 0.25) is 10.0 Å². The summed E-state index contributed by atoms with van der Waals surface area (Å²) in [7, 11) is -4.35. The number of benzene rings is 1. The first-order valence-electron chi connectivity index (χ1n) is 6.67. The van der Waals surface area contributed by atoms with Gasteiger partial charge in [-0.15, -0.1) is 12.4 Å². The largest absolute Gasteiger partial charge is 0.417 e. The van der Waals surface area contributed by atoms with Crippen LogP contribution in [0.25, 0.3) is 0 Å². The fourth-order valence-electron chi connectivity index (χ4n) is 2.48. The van der Waals surface area contributed by atoms with Gasteiger partial charge in [-0.25, -0.2) is 8.42 Å². The molecule has 1 saturated heterocycles. The van der Waals surface area contributed by atoms with Crippen molar-refractivity contribution in [2.75, 3.05) is 13.1 Å². The van der Waals surface area contributed by atoms with Gasteiger partial charge >= 0.3 is 6.18 Å². The molecule has 1 heterocycles. The topological polar surface area (TPSA) is 49.4 Å². The van der Waals surface area contributed by atoms with Gasteiger partial charge < -0.3 is 5.32 Å². The smallest absolute Gasteiger partial charge is 0.311 e. The normalized spacial score (nSPS) is 23.4. The number of nitrogens with one attached hydrogen (secondary N) is 1. The zero-order valence-electron chi connectivity index (χ0n) is 12.4. The van der Waals surface area contributed by atoms with E-state index < -0.39 is 37.7 Å². The minimum Gasteiger partial charge on any atom is -0.311 e. The third-order valence-electron chi connectivity index (χ3n) is 3.82. The first-order chi connectivity index (χ1) is 10.1. The molecule has 2 unspecified atom stereocenters. The van der Waals surface area contributed by atoms with Gasteiger partial charge in [0.05, 0.1) is 10.6 Å². The maximum Gasteiger partial charge on any atom is 0.417 e. The zero-order chi connectivity index (χ0) is 16.7. The summed E-state index contributed by atoms with van der Waals surface area (Å²) in [5.41, 5.74) is -1.24. The van der Waals surface area contributed by atoms with Crippen molar-refractivity contribution >= 4 is 34.0 Å². The molecule has 23 heavy (non-hydrogen) atoms. The van der Waals surface area contributed by atoms with Crippen LogP contribution in [0.4, 0.5) is 13.2 Å². The van der Waals surface area contributed by atoms with Crippen LogP contribution >= 0.6 is 24.0 Å². The maximum atomic E-state index is 13.1. The summed E-state index contributed by atoms with van der Waals surface area (Å²) in [6, 6.07) is 2.33. The lowest BCUT2D eigenvalue weighted by atomic mass is 10.1. The number of alkyl halides is 3.